The lowest BCUT2D eigenvalue weighted by molar-refractivity contribution is -0.149. The molecule has 0 bridgehead atoms. The average Bonchev–Trinajstić information content (AvgIpc) is 3.51. The smallest absolute Gasteiger partial charge is 0.310 e. The average molecular weight is 530 g/mol. The summed E-state index contributed by atoms with van der Waals surface area (Å²) < 4.78 is 10.2. The summed E-state index contributed by atoms with van der Waals surface area (Å²) in [5, 5.41) is 21.6. The minimum Gasteiger partial charge on any atom is -0.465 e. The number of hydrogen-bond acceptors (Lipinski definition) is 15. The molecule has 0 saturated heterocycles. The van der Waals surface area contributed by atoms with Gasteiger partial charge in [-0.15, -0.1) is 4.59 Å². The SMILES string of the molecule is CC(=O)OCC(COC(C)=O)CN(C1(N)N=CC2=NC=NC2=N1)[N+]1(CC(CO)CO)C=Nc2cncnc21. The molecule has 1 aromatic rings. The molecule has 16 nitrogen and oxygen atoms in total. The lowest BCUT2D eigenvalue weighted by Crippen LogP contribution is -2.73. The van der Waals surface area contributed by atoms with Crippen LogP contribution in [-0.4, -0.2) is 113 Å². The van der Waals surface area contributed by atoms with Crippen molar-refractivity contribution in [3.05, 3.63) is 12.5 Å². The fourth-order valence-electron chi connectivity index (χ4n) is 4.22. The van der Waals surface area contributed by atoms with Crippen molar-refractivity contribution < 1.29 is 29.3 Å². The van der Waals surface area contributed by atoms with E-state index in [9.17, 15) is 19.8 Å². The maximum atomic E-state index is 11.6. The van der Waals surface area contributed by atoms with Gasteiger partial charge in [0.25, 0.3) is 5.82 Å². The monoisotopic (exact) mass is 529 g/mol. The molecule has 16 heteroatoms. The van der Waals surface area contributed by atoms with E-state index in [1.807, 2.05) is 0 Å². The number of fused-ring (bicyclic) bond motifs is 2. The Balaban J connectivity index is 1.85. The topological polar surface area (TPSA) is 210 Å². The molecular formula is C22H29N10O6+. The molecule has 4 rings (SSSR count). The number of amidine groups is 1. The lowest BCUT2D eigenvalue weighted by Gasteiger charge is -2.46. The third kappa shape index (κ3) is 5.53. The highest BCUT2D eigenvalue weighted by Crippen LogP contribution is 2.41. The standard InChI is InChI=1S/C22H29N10O6/c1-14(35)37-9-16(10-38-15(2)36)5-31(22(23)29-4-18-20(30-22)26-12-25-18)32(6-17(7-33)8-34)13-28-19-3-24-11-27-21(19)32/h3-4,11-13,16-17,33-34H,5-10,23H2,1-2H3/q+1. The molecule has 4 heterocycles. The Labute approximate surface area is 217 Å². The van der Waals surface area contributed by atoms with Crippen LogP contribution in [0.3, 0.4) is 0 Å². The van der Waals surface area contributed by atoms with Crippen molar-refractivity contribution in [3.63, 3.8) is 0 Å². The Morgan fingerprint density at radius 1 is 1.13 bits per heavy atom. The van der Waals surface area contributed by atoms with E-state index < -0.39 is 29.7 Å². The van der Waals surface area contributed by atoms with Gasteiger partial charge in [0.2, 0.25) is 6.34 Å². The predicted molar refractivity (Wildman–Crippen MR) is 137 cm³/mol. The highest BCUT2D eigenvalue weighted by molar-refractivity contribution is 6.65. The number of aliphatic hydroxyl groups is 2. The molecule has 1 aromatic heterocycles. The largest absolute Gasteiger partial charge is 0.465 e. The van der Waals surface area contributed by atoms with E-state index in [-0.39, 0.29) is 49.9 Å². The summed E-state index contributed by atoms with van der Waals surface area (Å²) in [5.74, 6) is -3.45. The number of aliphatic hydroxyl groups excluding tert-OH is 2. The quantitative estimate of drug-likeness (QED) is 0.163. The number of hydrogen-bond donors (Lipinski definition) is 3. The number of nitrogens with zero attached hydrogens (tertiary/aromatic N) is 9. The molecule has 2 unspecified atom stereocenters. The van der Waals surface area contributed by atoms with Crippen molar-refractivity contribution in [2.75, 3.05) is 39.5 Å². The van der Waals surface area contributed by atoms with Crippen molar-refractivity contribution >= 4 is 53.9 Å². The number of rotatable bonds is 12. The number of carbonyl (C=O) groups is 2. The van der Waals surface area contributed by atoms with Gasteiger partial charge in [-0.25, -0.2) is 25.0 Å². The number of quaternary nitrogens is 1. The Hall–Kier alpha value is -3.83. The van der Waals surface area contributed by atoms with Gasteiger partial charge in [0, 0.05) is 19.8 Å². The second-order valence-corrected chi connectivity index (χ2v) is 8.91. The molecule has 0 aliphatic carbocycles. The van der Waals surface area contributed by atoms with Crippen LogP contribution in [-0.2, 0) is 19.1 Å². The molecule has 0 saturated carbocycles. The Morgan fingerprint density at radius 2 is 1.84 bits per heavy atom. The number of aliphatic imine (C=N–C) groups is 5. The minimum absolute atomic E-state index is 0.0135. The van der Waals surface area contributed by atoms with Gasteiger partial charge in [-0.1, -0.05) is 5.01 Å². The summed E-state index contributed by atoms with van der Waals surface area (Å²) in [5.41, 5.74) is 7.71. The van der Waals surface area contributed by atoms with Crippen LogP contribution in [0, 0.1) is 11.8 Å². The molecule has 0 spiro atoms. The number of nitrogens with two attached hydrogens (primary N) is 1. The highest BCUT2D eigenvalue weighted by Gasteiger charge is 2.55. The predicted octanol–water partition coefficient (Wildman–Crippen LogP) is -1.45. The fraction of sp³-hybridized carbons (Fsp3) is 0.500. The third-order valence-corrected chi connectivity index (χ3v) is 6.02. The van der Waals surface area contributed by atoms with E-state index >= 15 is 0 Å². The molecule has 0 fully saturated rings. The third-order valence-electron chi connectivity index (χ3n) is 6.02. The van der Waals surface area contributed by atoms with Gasteiger partial charge in [0.1, 0.15) is 24.9 Å². The summed E-state index contributed by atoms with van der Waals surface area (Å²) in [6.45, 7) is 1.65. The number of carbonyl (C=O) groups excluding carboxylic acids is 2. The maximum Gasteiger partial charge on any atom is 0.310 e. The molecule has 38 heavy (non-hydrogen) atoms. The molecule has 3 aliphatic rings. The van der Waals surface area contributed by atoms with Crippen molar-refractivity contribution in [2.24, 2.45) is 42.5 Å². The van der Waals surface area contributed by atoms with Gasteiger partial charge in [-0.2, -0.15) is 9.98 Å². The van der Waals surface area contributed by atoms with Gasteiger partial charge >= 0.3 is 17.8 Å². The summed E-state index contributed by atoms with van der Waals surface area (Å²) in [6, 6.07) is 0. The van der Waals surface area contributed by atoms with Crippen molar-refractivity contribution in [3.8, 4) is 0 Å². The van der Waals surface area contributed by atoms with Gasteiger partial charge in [-0.05, 0) is 0 Å². The van der Waals surface area contributed by atoms with Gasteiger partial charge < -0.3 is 19.7 Å². The van der Waals surface area contributed by atoms with Gasteiger partial charge in [-0.3, -0.25) is 15.3 Å². The van der Waals surface area contributed by atoms with Crippen LogP contribution >= 0.6 is 0 Å². The van der Waals surface area contributed by atoms with E-state index in [1.165, 1.54) is 45.3 Å². The zero-order valence-corrected chi connectivity index (χ0v) is 20.9. The minimum atomic E-state index is -1.82. The van der Waals surface area contributed by atoms with Crippen molar-refractivity contribution in [2.45, 2.75) is 19.8 Å². The van der Waals surface area contributed by atoms with Crippen molar-refractivity contribution in [1.82, 2.24) is 19.6 Å². The Morgan fingerprint density at radius 3 is 2.50 bits per heavy atom. The second kappa shape index (κ2) is 11.3. The lowest BCUT2D eigenvalue weighted by atomic mass is 10.1. The van der Waals surface area contributed by atoms with Crippen LogP contribution in [0.2, 0.25) is 0 Å². The molecule has 0 amide bonds. The van der Waals surface area contributed by atoms with E-state index in [1.54, 1.807) is 5.01 Å². The van der Waals surface area contributed by atoms with Gasteiger partial charge in [0.05, 0.1) is 51.3 Å². The number of ether oxygens (including phenoxy) is 2. The number of aromatic nitrogens is 2. The second-order valence-electron chi connectivity index (χ2n) is 8.91. The fourth-order valence-corrected chi connectivity index (χ4v) is 4.22. The Bertz CT molecular complexity index is 1210. The maximum absolute atomic E-state index is 11.6. The summed E-state index contributed by atoms with van der Waals surface area (Å²) in [4.78, 5) is 53.6. The molecule has 2 atom stereocenters. The van der Waals surface area contributed by atoms with Crippen LogP contribution in [0.25, 0.3) is 0 Å². The van der Waals surface area contributed by atoms with E-state index in [0.29, 0.717) is 17.2 Å². The number of esters is 2. The molecule has 3 aliphatic heterocycles. The van der Waals surface area contributed by atoms with Gasteiger partial charge in [0.15, 0.2) is 11.5 Å². The zero-order valence-electron chi connectivity index (χ0n) is 20.9. The molecular weight excluding hydrogens is 500 g/mol. The van der Waals surface area contributed by atoms with Crippen molar-refractivity contribution in [1.29, 1.82) is 0 Å². The molecule has 202 valence electrons. The summed E-state index contributed by atoms with van der Waals surface area (Å²) >= 11 is 0. The summed E-state index contributed by atoms with van der Waals surface area (Å²) in [7, 11) is 0. The van der Waals surface area contributed by atoms with Crippen LogP contribution in [0.5, 0.6) is 0 Å². The normalized spacial score (nSPS) is 23.1. The van der Waals surface area contributed by atoms with E-state index in [2.05, 4.69) is 34.9 Å². The zero-order chi connectivity index (χ0) is 27.3. The van der Waals surface area contributed by atoms with Crippen LogP contribution in [0.4, 0.5) is 11.5 Å². The Kier molecular flexibility index (Phi) is 8.08. The van der Waals surface area contributed by atoms with Crippen LogP contribution < -0.4 is 10.3 Å². The van der Waals surface area contributed by atoms with E-state index in [4.69, 9.17) is 15.2 Å². The summed E-state index contributed by atoms with van der Waals surface area (Å²) in [6.07, 6.45) is 7.17. The molecule has 0 radical (unpaired) electrons. The first-order valence-electron chi connectivity index (χ1n) is 11.8. The van der Waals surface area contributed by atoms with Crippen LogP contribution in [0.1, 0.15) is 13.8 Å². The molecule has 0 aromatic carbocycles. The first kappa shape index (κ1) is 27.2. The van der Waals surface area contributed by atoms with E-state index in [0.717, 1.165) is 0 Å². The first-order chi connectivity index (χ1) is 18.2. The first-order valence-corrected chi connectivity index (χ1v) is 11.8. The van der Waals surface area contributed by atoms with Crippen LogP contribution in [0.15, 0.2) is 37.5 Å². The highest BCUT2D eigenvalue weighted by atomic mass is 16.5. The molecule has 4 N–H and O–H groups in total.